The quantitative estimate of drug-likeness (QED) is 0.0127. The number of hydrogen-bond acceptors (Lipinski definition) is 34. The highest BCUT2D eigenvalue weighted by Gasteiger charge is 2.67. The number of nitrogens with one attached hydrogen (secondary N) is 1. The standard InChI is InChI=1S/C53H56N4O14S.C30H25NO9.C23H33N3O6S.CH4/c1-30-54-36(29-72-30)41(55-71-51(46(63)69-48(2,3)4)22-20-50(8,9)21-23-51)38(58)24-31-28-65-57(42(31)59)52(47(64)70-49(5,6)7)27-37(45(62)68-52)56-43(60)34-25-39-40(26-35(34)44(56)61)67-53(66-39,32-16-12-10-13-17-32)33-18-14-11-15-19-33;1-29(2,3)40-28(37)22(32)16-21(27(35)36)31-25(33)19-14-23-24(15-20(19)26(31)34)39-30(38-23,17-10-6-4-7-11-17)18-12-8-5-9-13-18;1-14-24-16(13-33-14)18(17(27)11-15-12-30-26-19(15)28)25-32-23(20(29)31-21(2,3)4)9-7-22(5,6)8-10-23;/h10-19,25-26,29,31,37H,20-24,27-28H2,1-9H3;4-15,21H,16H2,1-3H3,(H,35,36);13,15H,7-12H2,1-6H3,(H,26,28);1H4/b55-41-;;25-18-;/t31-,37-,52?;21-;15-;/m000./s1. The second-order valence-corrected chi connectivity index (χ2v) is 44.5. The number of ether oxygens (including phenoxy) is 9. The largest absolute Gasteiger partial charge is 0.480 e. The topological polar surface area (TPSA) is 469 Å². The number of hydrogen-bond donors (Lipinski definition) is 2. The summed E-state index contributed by atoms with van der Waals surface area (Å²) in [5, 5.41) is 23.6. The molecular weight excluding hydrogens is 1930 g/mol. The summed E-state index contributed by atoms with van der Waals surface area (Å²) < 4.78 is 53.7. The minimum absolute atomic E-state index is 0. The minimum atomic E-state index is -2.65. The van der Waals surface area contributed by atoms with Crippen LogP contribution in [0.5, 0.6) is 23.0 Å². The third kappa shape index (κ3) is 22.5. The number of cyclic esters (lactones) is 1. The van der Waals surface area contributed by atoms with Crippen LogP contribution in [0.1, 0.15) is 280 Å². The Balaban J connectivity index is 0.000000191. The van der Waals surface area contributed by atoms with Gasteiger partial charge >= 0.3 is 53.1 Å². The van der Waals surface area contributed by atoms with E-state index in [2.05, 4.69) is 53.5 Å². The number of amides is 6. The molecule has 2 saturated carbocycles. The van der Waals surface area contributed by atoms with Gasteiger partial charge in [-0.15, -0.1) is 22.7 Å². The highest BCUT2D eigenvalue weighted by Crippen LogP contribution is 2.54. The number of carboxylic acids is 1. The van der Waals surface area contributed by atoms with Gasteiger partial charge in [-0.1, -0.05) is 167 Å². The number of ketones is 3. The number of hydroxylamine groups is 3. The van der Waals surface area contributed by atoms with Crippen LogP contribution in [0.2, 0.25) is 0 Å². The number of nitrogens with zero attached hydrogens (tertiary/aromatic N) is 7. The number of fused-ring (bicyclic) bond motifs is 4. The normalized spacial score (nSPS) is 20.9. The van der Waals surface area contributed by atoms with Crippen molar-refractivity contribution in [2.45, 2.75) is 272 Å². The fourth-order valence-electron chi connectivity index (χ4n) is 17.7. The second-order valence-electron chi connectivity index (χ2n) is 42.4. The smallest absolute Gasteiger partial charge is 0.375 e. The zero-order valence-corrected chi connectivity index (χ0v) is 85.2. The van der Waals surface area contributed by atoms with Gasteiger partial charge in [0.2, 0.25) is 22.9 Å². The molecule has 2 N–H and O–H groups in total. The van der Waals surface area contributed by atoms with Crippen molar-refractivity contribution in [3.05, 3.63) is 222 Å². The number of Topliss-reactive ketones (excluding diaryl/α,β-unsaturated/α-hetero) is 3. The third-order valence-corrected chi connectivity index (χ3v) is 27.0. The van der Waals surface area contributed by atoms with Crippen molar-refractivity contribution in [3.63, 3.8) is 0 Å². The molecule has 3 saturated heterocycles. The maximum atomic E-state index is 14.5. The van der Waals surface area contributed by atoms with Gasteiger partial charge in [0.25, 0.3) is 29.5 Å². The maximum Gasteiger partial charge on any atom is 0.375 e. The molecule has 39 heteroatoms. The van der Waals surface area contributed by atoms with Gasteiger partial charge in [-0.2, -0.15) is 5.06 Å². The molecule has 2 aliphatic carbocycles. The molecule has 2 aromatic heterocycles. The number of aliphatic carboxylic acids is 1. The zero-order valence-electron chi connectivity index (χ0n) is 83.5. The number of carbonyl (C=O) groups excluding carboxylic acids is 14. The van der Waals surface area contributed by atoms with Gasteiger partial charge in [0.15, 0.2) is 46.0 Å². The monoisotopic (exact) mass is 2040 g/mol. The molecule has 1 unspecified atom stereocenters. The molecule has 8 aromatic rings. The van der Waals surface area contributed by atoms with Crippen LogP contribution in [0, 0.1) is 36.5 Å². The van der Waals surface area contributed by atoms with Crippen molar-refractivity contribution in [3.8, 4) is 23.0 Å². The Bertz CT molecular complexity index is 6370. The molecule has 9 aliphatic rings. The van der Waals surface area contributed by atoms with Crippen LogP contribution in [0.3, 0.4) is 0 Å². The molecule has 6 amide bonds. The lowest BCUT2D eigenvalue weighted by Crippen LogP contribution is -2.57. The summed E-state index contributed by atoms with van der Waals surface area (Å²) >= 11 is 2.62. The van der Waals surface area contributed by atoms with E-state index in [0.717, 1.165) is 17.8 Å². The number of oxime groups is 2. The predicted octanol–water partition coefficient (Wildman–Crippen LogP) is 15.4. The third-order valence-electron chi connectivity index (χ3n) is 25.5. The molecule has 0 bridgehead atoms. The van der Waals surface area contributed by atoms with Crippen LogP contribution in [-0.4, -0.2) is 195 Å². The first-order chi connectivity index (χ1) is 68.1. The van der Waals surface area contributed by atoms with Gasteiger partial charge in [-0.05, 0) is 158 Å². The number of aryl methyl sites for hydroxylation is 2. The van der Waals surface area contributed by atoms with E-state index in [1.54, 1.807) is 101 Å². The highest BCUT2D eigenvalue weighted by molar-refractivity contribution is 7.10. The molecule has 7 aliphatic heterocycles. The van der Waals surface area contributed by atoms with Crippen molar-refractivity contribution in [2.24, 2.45) is 33.0 Å². The second kappa shape index (κ2) is 40.9. The van der Waals surface area contributed by atoms with Crippen LogP contribution < -0.4 is 24.4 Å². The van der Waals surface area contributed by atoms with E-state index in [9.17, 15) is 77.0 Å². The fraction of sp³-hybridized carbons (Fsp3) is 0.449. The van der Waals surface area contributed by atoms with E-state index in [0.29, 0.717) is 73.5 Å². The lowest BCUT2D eigenvalue weighted by atomic mass is 9.71. The first kappa shape index (κ1) is 107. The average Bonchev–Trinajstić information content (AvgIpc) is 1.55. The van der Waals surface area contributed by atoms with Crippen molar-refractivity contribution < 1.29 is 139 Å². The molecule has 17 rings (SSSR count). The number of imide groups is 2. The molecule has 37 nitrogen and oxygen atoms in total. The van der Waals surface area contributed by atoms with E-state index in [-0.39, 0.29) is 112 Å². The fourth-order valence-corrected chi connectivity index (χ4v) is 18.9. The number of esters is 5. The molecule has 9 heterocycles. The number of aromatic nitrogens is 2. The Morgan fingerprint density at radius 3 is 1.16 bits per heavy atom. The molecule has 6 aromatic carbocycles. The average molecular weight is 2040 g/mol. The molecule has 146 heavy (non-hydrogen) atoms. The van der Waals surface area contributed by atoms with Crippen molar-refractivity contribution >= 4 is 123 Å². The highest BCUT2D eigenvalue weighted by atomic mass is 32.1. The predicted molar refractivity (Wildman–Crippen MR) is 524 cm³/mol. The maximum absolute atomic E-state index is 14.5. The van der Waals surface area contributed by atoms with Crippen LogP contribution >= 0.6 is 22.7 Å². The molecular formula is C107H118N8O29S2. The number of carboxylic acid groups (broad SMARTS) is 1. The lowest BCUT2D eigenvalue weighted by Gasteiger charge is -2.40. The van der Waals surface area contributed by atoms with E-state index in [1.807, 2.05) is 128 Å². The summed E-state index contributed by atoms with van der Waals surface area (Å²) in [5.74, 6) is -17.7. The van der Waals surface area contributed by atoms with Gasteiger partial charge in [0.1, 0.15) is 45.9 Å². The number of benzene rings is 6. The van der Waals surface area contributed by atoms with Crippen LogP contribution in [0.25, 0.3) is 0 Å². The van der Waals surface area contributed by atoms with Gasteiger partial charge in [0, 0.05) is 78.0 Å². The van der Waals surface area contributed by atoms with E-state index < -0.39 is 183 Å². The van der Waals surface area contributed by atoms with Gasteiger partial charge in [-0.25, -0.2) is 44.2 Å². The van der Waals surface area contributed by atoms with E-state index in [4.69, 9.17) is 62.0 Å². The van der Waals surface area contributed by atoms with Crippen LogP contribution in [0.15, 0.2) is 167 Å². The first-order valence-electron chi connectivity index (χ1n) is 47.4. The summed E-state index contributed by atoms with van der Waals surface area (Å²) in [4.78, 5) is 234. The molecule has 0 radical (unpaired) electrons. The van der Waals surface area contributed by atoms with Crippen molar-refractivity contribution in [2.75, 3.05) is 13.2 Å². The molecule has 5 fully saturated rings. The number of thiazole rings is 2. The van der Waals surface area contributed by atoms with Gasteiger partial charge in [0.05, 0.1) is 63.7 Å². The molecule has 0 spiro atoms. The van der Waals surface area contributed by atoms with Crippen LogP contribution in [-0.2, 0) is 107 Å². The summed E-state index contributed by atoms with van der Waals surface area (Å²) in [5.41, 5.74) is -4.48. The summed E-state index contributed by atoms with van der Waals surface area (Å²) in [7, 11) is 0. The summed E-state index contributed by atoms with van der Waals surface area (Å²) in [6.07, 6.45) is 1.74. The number of carbonyl (C=O) groups is 15. The van der Waals surface area contributed by atoms with Crippen molar-refractivity contribution in [1.29, 1.82) is 0 Å². The SMILES string of the molecule is C.CC(C)(C)OC(=O)C(=O)C[C@@H](C(=O)O)N1C(=O)c2cc3c(cc2C1=O)OC(c1ccccc1)(c1ccccc1)O3.Cc1nc(/C(=N/OC2(C(=O)OC(C)(C)C)CCC(C)(C)CC2)C(=O)C[C@H]2CON(C3(C(=O)OC(C)(C)C)C[C@H](N4C(=O)c5cc6c(cc5C4=O)OC(c4ccccc4)(c4ccccc4)O6)C(=O)O3)C2=O)cs1.Cc1nc(/C(=N/OC2(C(=O)OC(C)(C)C)CCC(C)(C)CC2)C(=O)C[C@H]2CONC2=O)cs1. The van der Waals surface area contributed by atoms with Gasteiger partial charge < -0.3 is 57.4 Å². The molecule has 772 valence electrons. The van der Waals surface area contributed by atoms with Gasteiger partial charge in [-0.3, -0.25) is 62.6 Å². The zero-order chi connectivity index (χ0) is 105. The van der Waals surface area contributed by atoms with E-state index >= 15 is 0 Å². The van der Waals surface area contributed by atoms with E-state index in [1.165, 1.54) is 46.9 Å². The van der Waals surface area contributed by atoms with Crippen molar-refractivity contribution in [1.82, 2.24) is 30.3 Å². The lowest BCUT2D eigenvalue weighted by molar-refractivity contribution is -0.263. The Hall–Kier alpha value is -14.3. The Morgan fingerprint density at radius 1 is 0.473 bits per heavy atom. The summed E-state index contributed by atoms with van der Waals surface area (Å²) in [6.45, 7) is 31.6. The first-order valence-corrected chi connectivity index (χ1v) is 49.2. The molecule has 5 atom stereocenters. The Labute approximate surface area is 850 Å². The Morgan fingerprint density at radius 2 is 0.829 bits per heavy atom. The van der Waals surface area contributed by atoms with Crippen LogP contribution in [0.4, 0.5) is 0 Å². The Kier molecular flexibility index (Phi) is 30.1. The summed E-state index contributed by atoms with van der Waals surface area (Å²) in [6, 6.07) is 38.3. The minimum Gasteiger partial charge on any atom is -0.480 e. The number of rotatable bonds is 26.